The minimum atomic E-state index is -4.96. The van der Waals surface area contributed by atoms with E-state index in [0.717, 1.165) is 24.3 Å². The van der Waals surface area contributed by atoms with E-state index in [-0.39, 0.29) is 5.75 Å². The summed E-state index contributed by atoms with van der Waals surface area (Å²) in [6.07, 6.45) is -13.7. The molecule has 0 amide bonds. The van der Waals surface area contributed by atoms with Gasteiger partial charge in [0.1, 0.15) is 18.5 Å². The highest BCUT2D eigenvalue weighted by molar-refractivity contribution is 5.56. The van der Waals surface area contributed by atoms with E-state index in [1.807, 2.05) is 0 Å². The third kappa shape index (κ3) is 4.99. The number of ether oxygens (including phenoxy) is 2. The molecule has 1 fully saturated rings. The number of nitriles is 1. The van der Waals surface area contributed by atoms with Gasteiger partial charge in [-0.05, 0) is 30.3 Å². The first-order chi connectivity index (χ1) is 14.4. The second-order valence-corrected chi connectivity index (χ2v) is 6.53. The minimum Gasteiger partial charge on any atom is -0.491 e. The van der Waals surface area contributed by atoms with E-state index in [0.29, 0.717) is 17.0 Å². The van der Waals surface area contributed by atoms with E-state index in [9.17, 15) is 35.1 Å². The molecule has 2 unspecified atom stereocenters. The Hall–Kier alpha value is -3.07. The predicted molar refractivity (Wildman–Crippen MR) is 90.1 cm³/mol. The van der Waals surface area contributed by atoms with Gasteiger partial charge in [0.15, 0.2) is 11.6 Å². The molecule has 1 aliphatic rings. The van der Waals surface area contributed by atoms with Crippen molar-refractivity contribution in [3.05, 3.63) is 59.2 Å². The van der Waals surface area contributed by atoms with Crippen LogP contribution in [0.3, 0.4) is 0 Å². The number of alkyl halides is 6. The third-order valence-electron chi connectivity index (χ3n) is 4.37. The maximum absolute atomic E-state index is 13.4. The Morgan fingerprint density at radius 1 is 1.03 bits per heavy atom. The van der Waals surface area contributed by atoms with Gasteiger partial charge in [-0.25, -0.2) is 8.78 Å². The molecular weight excluding hydrogens is 440 g/mol. The first-order valence-corrected chi connectivity index (χ1v) is 8.58. The highest BCUT2D eigenvalue weighted by Crippen LogP contribution is 2.39. The Kier molecular flexibility index (Phi) is 6.00. The summed E-state index contributed by atoms with van der Waals surface area (Å²) in [5.41, 5.74) is -2.57. The summed E-state index contributed by atoms with van der Waals surface area (Å²) in [4.78, 5) is 0.565. The summed E-state index contributed by atoms with van der Waals surface area (Å²) in [5, 5.41) is 8.84. The van der Waals surface area contributed by atoms with Gasteiger partial charge in [0.25, 0.3) is 0 Å². The van der Waals surface area contributed by atoms with Crippen LogP contribution < -0.4 is 9.64 Å². The fraction of sp³-hybridized carbons (Fsp3) is 0.316. The first kappa shape index (κ1) is 22.6. The molecule has 0 aliphatic carbocycles. The Morgan fingerprint density at radius 3 is 2.32 bits per heavy atom. The van der Waals surface area contributed by atoms with Crippen LogP contribution in [0.4, 0.5) is 40.8 Å². The normalized spacial score (nSPS) is 19.4. The van der Waals surface area contributed by atoms with Gasteiger partial charge in [0.2, 0.25) is 6.23 Å². The predicted octanol–water partition coefficient (Wildman–Crippen LogP) is 5.03. The van der Waals surface area contributed by atoms with Gasteiger partial charge in [-0.3, -0.25) is 0 Å². The number of halogens is 8. The maximum Gasteiger partial charge on any atom is 0.433 e. The fourth-order valence-electron chi connectivity index (χ4n) is 3.00. The van der Waals surface area contributed by atoms with Crippen LogP contribution in [0.1, 0.15) is 11.1 Å². The third-order valence-corrected chi connectivity index (χ3v) is 4.37. The molecule has 4 nitrogen and oxygen atoms in total. The molecule has 0 N–H and O–H groups in total. The van der Waals surface area contributed by atoms with Crippen molar-refractivity contribution in [2.24, 2.45) is 0 Å². The summed E-state index contributed by atoms with van der Waals surface area (Å²) in [7, 11) is 0. The van der Waals surface area contributed by atoms with Crippen molar-refractivity contribution in [2.75, 3.05) is 18.1 Å². The number of hydrogen-bond acceptors (Lipinski definition) is 4. The summed E-state index contributed by atoms with van der Waals surface area (Å²) >= 11 is 0. The molecule has 166 valence electrons. The molecule has 1 saturated heterocycles. The van der Waals surface area contributed by atoms with E-state index in [1.165, 1.54) is 6.07 Å². The van der Waals surface area contributed by atoms with Crippen molar-refractivity contribution < 1.29 is 44.6 Å². The van der Waals surface area contributed by atoms with Crippen LogP contribution in [0.5, 0.6) is 5.75 Å². The number of benzene rings is 2. The van der Waals surface area contributed by atoms with Crippen LogP contribution in [0.2, 0.25) is 0 Å². The molecule has 2 atom stereocenters. The largest absolute Gasteiger partial charge is 0.491 e. The summed E-state index contributed by atoms with van der Waals surface area (Å²) < 4.78 is 116. The molecule has 1 aliphatic heterocycles. The zero-order chi connectivity index (χ0) is 23.0. The molecule has 2 aromatic rings. The fourth-order valence-corrected chi connectivity index (χ4v) is 3.00. The van der Waals surface area contributed by atoms with Crippen molar-refractivity contribution in [3.8, 4) is 11.8 Å². The first-order valence-electron chi connectivity index (χ1n) is 8.58. The molecule has 0 radical (unpaired) electrons. The molecule has 3 rings (SSSR count). The summed E-state index contributed by atoms with van der Waals surface area (Å²) in [5.74, 6) is -2.53. The number of anilines is 1. The van der Waals surface area contributed by atoms with Crippen molar-refractivity contribution >= 4 is 5.69 Å². The molecular formula is C19H12F8N2O2. The average molecular weight is 452 g/mol. The lowest BCUT2D eigenvalue weighted by Gasteiger charge is -2.27. The molecule has 1 heterocycles. The van der Waals surface area contributed by atoms with Crippen LogP contribution in [-0.2, 0) is 10.9 Å². The average Bonchev–Trinajstić information content (AvgIpc) is 3.12. The van der Waals surface area contributed by atoms with E-state index in [1.54, 1.807) is 0 Å². The van der Waals surface area contributed by atoms with E-state index < -0.39 is 66.3 Å². The Bertz CT molecular complexity index is 1000. The topological polar surface area (TPSA) is 45.5 Å². The number of nitrogens with zero attached hydrogens (tertiary/aromatic N) is 2. The van der Waals surface area contributed by atoms with Crippen LogP contribution in [0.15, 0.2) is 36.4 Å². The summed E-state index contributed by atoms with van der Waals surface area (Å²) in [6.45, 7) is -1.01. The highest BCUT2D eigenvalue weighted by atomic mass is 19.4. The second kappa shape index (κ2) is 8.22. The lowest BCUT2D eigenvalue weighted by Crippen LogP contribution is -2.42. The molecule has 2 aromatic carbocycles. The van der Waals surface area contributed by atoms with Crippen LogP contribution in [0, 0.1) is 23.0 Å². The standard InChI is InChI=1S/C19H12F8N2O2/c20-15-4-3-12(6-16(15)21)30-9-13-8-29(17(31-13)19(25,26)27)11-2-1-10(7-28)14(5-11)18(22,23)24/h1-6,13,17H,8-9H2. The lowest BCUT2D eigenvalue weighted by molar-refractivity contribution is -0.215. The van der Waals surface area contributed by atoms with Gasteiger partial charge in [-0.2, -0.15) is 31.6 Å². The van der Waals surface area contributed by atoms with Crippen LogP contribution in [-0.4, -0.2) is 31.7 Å². The van der Waals surface area contributed by atoms with Crippen molar-refractivity contribution in [3.63, 3.8) is 0 Å². The van der Waals surface area contributed by atoms with Gasteiger partial charge in [0.05, 0.1) is 23.7 Å². The smallest absolute Gasteiger partial charge is 0.433 e. The Morgan fingerprint density at radius 2 is 1.74 bits per heavy atom. The molecule has 12 heteroatoms. The van der Waals surface area contributed by atoms with Gasteiger partial charge < -0.3 is 14.4 Å². The van der Waals surface area contributed by atoms with E-state index >= 15 is 0 Å². The SMILES string of the molecule is N#Cc1ccc(N2CC(COc3ccc(F)c(F)c3)OC2C(F)(F)F)cc1C(F)(F)F. The van der Waals surface area contributed by atoms with Gasteiger partial charge in [-0.1, -0.05) is 0 Å². The minimum absolute atomic E-state index is 0.165. The quantitative estimate of drug-likeness (QED) is 0.611. The molecule has 0 saturated carbocycles. The monoisotopic (exact) mass is 452 g/mol. The van der Waals surface area contributed by atoms with Crippen molar-refractivity contribution in [1.82, 2.24) is 0 Å². The molecule has 0 aromatic heterocycles. The molecule has 0 bridgehead atoms. The molecule has 31 heavy (non-hydrogen) atoms. The van der Waals surface area contributed by atoms with Crippen molar-refractivity contribution in [2.45, 2.75) is 24.7 Å². The second-order valence-electron chi connectivity index (χ2n) is 6.53. The van der Waals surface area contributed by atoms with Crippen molar-refractivity contribution in [1.29, 1.82) is 5.26 Å². The number of hydrogen-bond donors (Lipinski definition) is 0. The highest BCUT2D eigenvalue weighted by Gasteiger charge is 2.51. The van der Waals surface area contributed by atoms with E-state index in [2.05, 4.69) is 0 Å². The Labute approximate surface area is 170 Å². The lowest BCUT2D eigenvalue weighted by atomic mass is 10.1. The van der Waals surface area contributed by atoms with E-state index in [4.69, 9.17) is 14.7 Å². The van der Waals surface area contributed by atoms with Crippen LogP contribution >= 0.6 is 0 Å². The molecule has 0 spiro atoms. The maximum atomic E-state index is 13.4. The zero-order valence-corrected chi connectivity index (χ0v) is 15.3. The zero-order valence-electron chi connectivity index (χ0n) is 15.3. The van der Waals surface area contributed by atoms with Gasteiger partial charge in [-0.15, -0.1) is 0 Å². The number of rotatable bonds is 4. The Balaban J connectivity index is 1.84. The van der Waals surface area contributed by atoms with Gasteiger partial charge in [0, 0.05) is 11.8 Å². The van der Waals surface area contributed by atoms with Gasteiger partial charge >= 0.3 is 12.4 Å². The summed E-state index contributed by atoms with van der Waals surface area (Å²) in [6, 6.07) is 6.04. The van der Waals surface area contributed by atoms with Crippen LogP contribution in [0.25, 0.3) is 0 Å².